The molecule has 3 nitrogen and oxygen atoms in total. The van der Waals surface area contributed by atoms with Crippen LogP contribution in [0, 0.1) is 6.92 Å². The Morgan fingerprint density at radius 2 is 1.94 bits per heavy atom. The molecule has 0 aliphatic carbocycles. The largest absolute Gasteiger partial charge is 0.465 e. The average molecular weight is 239 g/mol. The molecule has 2 N–H and O–H groups in total. The van der Waals surface area contributed by atoms with E-state index in [2.05, 4.69) is 38.7 Å². The number of amides is 1. The lowest BCUT2D eigenvalue weighted by molar-refractivity contribution is 0.209. The number of thiol groups is 1. The maximum absolute atomic E-state index is 10.6. The number of hydrogen-bond acceptors (Lipinski definition) is 2. The van der Waals surface area contributed by atoms with Crippen LogP contribution >= 0.6 is 12.6 Å². The highest BCUT2D eigenvalue weighted by atomic mass is 32.1. The molecular formula is C12H17NO2S. The van der Waals surface area contributed by atoms with Crippen molar-refractivity contribution in [1.29, 1.82) is 0 Å². The van der Waals surface area contributed by atoms with Gasteiger partial charge >= 0.3 is 6.09 Å². The van der Waals surface area contributed by atoms with Crippen LogP contribution in [-0.2, 0) is 5.41 Å². The maximum atomic E-state index is 10.6. The molecule has 1 aromatic carbocycles. The number of benzene rings is 1. The summed E-state index contributed by atoms with van der Waals surface area (Å²) in [6, 6.07) is 3.74. The summed E-state index contributed by atoms with van der Waals surface area (Å²) in [7, 11) is 0. The normalized spacial score (nSPS) is 11.3. The van der Waals surface area contributed by atoms with Gasteiger partial charge in [-0.2, -0.15) is 0 Å². The number of rotatable bonds is 1. The van der Waals surface area contributed by atoms with Crippen molar-refractivity contribution in [3.05, 3.63) is 23.3 Å². The van der Waals surface area contributed by atoms with Crippen LogP contribution in [0.1, 0.15) is 31.9 Å². The van der Waals surface area contributed by atoms with Gasteiger partial charge in [-0.3, -0.25) is 5.32 Å². The molecule has 0 aliphatic rings. The summed E-state index contributed by atoms with van der Waals surface area (Å²) in [5.41, 5.74) is 2.47. The minimum absolute atomic E-state index is 0.0558. The minimum atomic E-state index is -1.05. The van der Waals surface area contributed by atoms with E-state index in [1.54, 1.807) is 0 Å². The molecule has 0 saturated carbocycles. The second kappa shape index (κ2) is 4.37. The third-order valence-corrected chi connectivity index (χ3v) is 2.76. The molecule has 0 aliphatic heterocycles. The Labute approximate surface area is 101 Å². The fourth-order valence-corrected chi connectivity index (χ4v) is 2.14. The first-order chi connectivity index (χ1) is 7.21. The van der Waals surface area contributed by atoms with Gasteiger partial charge in [-0.15, -0.1) is 12.6 Å². The molecule has 16 heavy (non-hydrogen) atoms. The van der Waals surface area contributed by atoms with Crippen molar-refractivity contribution in [2.45, 2.75) is 38.0 Å². The molecule has 0 saturated heterocycles. The van der Waals surface area contributed by atoms with Gasteiger partial charge in [-0.05, 0) is 35.6 Å². The smallest absolute Gasteiger partial charge is 0.409 e. The maximum Gasteiger partial charge on any atom is 0.409 e. The zero-order valence-corrected chi connectivity index (χ0v) is 10.9. The second-order valence-electron chi connectivity index (χ2n) is 4.86. The number of nitrogens with one attached hydrogen (secondary N) is 1. The minimum Gasteiger partial charge on any atom is -0.465 e. The Morgan fingerprint density at radius 1 is 1.38 bits per heavy atom. The van der Waals surface area contributed by atoms with Gasteiger partial charge in [-0.1, -0.05) is 20.8 Å². The summed E-state index contributed by atoms with van der Waals surface area (Å²) >= 11 is 4.42. The number of carboxylic acid groups (broad SMARTS) is 1. The van der Waals surface area contributed by atoms with Crippen LogP contribution in [0.3, 0.4) is 0 Å². The second-order valence-corrected chi connectivity index (χ2v) is 5.35. The highest BCUT2D eigenvalue weighted by molar-refractivity contribution is 7.80. The molecule has 0 aromatic heterocycles. The van der Waals surface area contributed by atoms with Crippen molar-refractivity contribution in [2.75, 3.05) is 5.32 Å². The van der Waals surface area contributed by atoms with Crippen LogP contribution in [0.25, 0.3) is 0 Å². The monoisotopic (exact) mass is 239 g/mol. The lowest BCUT2D eigenvalue weighted by Crippen LogP contribution is -2.15. The number of hydrogen-bond donors (Lipinski definition) is 3. The van der Waals surface area contributed by atoms with Crippen molar-refractivity contribution >= 4 is 24.4 Å². The van der Waals surface area contributed by atoms with Crippen LogP contribution in [0.5, 0.6) is 0 Å². The van der Waals surface area contributed by atoms with Gasteiger partial charge in [-0.25, -0.2) is 4.79 Å². The lowest BCUT2D eigenvalue weighted by Gasteiger charge is -2.23. The van der Waals surface area contributed by atoms with Gasteiger partial charge in [0.1, 0.15) is 0 Å². The molecule has 0 unspecified atom stereocenters. The van der Waals surface area contributed by atoms with E-state index in [9.17, 15) is 4.79 Å². The van der Waals surface area contributed by atoms with E-state index >= 15 is 0 Å². The molecule has 4 heteroatoms. The first kappa shape index (κ1) is 12.9. The van der Waals surface area contributed by atoms with E-state index < -0.39 is 6.09 Å². The summed E-state index contributed by atoms with van der Waals surface area (Å²) in [4.78, 5) is 11.5. The Balaban J connectivity index is 3.27. The molecule has 1 amide bonds. The molecule has 0 fully saturated rings. The number of aryl methyl sites for hydroxylation is 1. The summed E-state index contributed by atoms with van der Waals surface area (Å²) in [6.07, 6.45) is -1.05. The third kappa shape index (κ3) is 2.92. The molecule has 1 aromatic rings. The topological polar surface area (TPSA) is 49.3 Å². The lowest BCUT2D eigenvalue weighted by atomic mass is 9.86. The quantitative estimate of drug-likeness (QED) is 0.655. The van der Waals surface area contributed by atoms with Crippen LogP contribution in [0.2, 0.25) is 0 Å². The van der Waals surface area contributed by atoms with Crippen LogP contribution in [-0.4, -0.2) is 11.2 Å². The zero-order valence-electron chi connectivity index (χ0n) is 9.96. The van der Waals surface area contributed by atoms with Crippen LogP contribution in [0.15, 0.2) is 17.0 Å². The van der Waals surface area contributed by atoms with Crippen molar-refractivity contribution in [3.63, 3.8) is 0 Å². The van der Waals surface area contributed by atoms with E-state index in [0.29, 0.717) is 5.69 Å². The van der Waals surface area contributed by atoms with Gasteiger partial charge in [0, 0.05) is 10.6 Å². The van der Waals surface area contributed by atoms with Crippen molar-refractivity contribution in [2.24, 2.45) is 0 Å². The van der Waals surface area contributed by atoms with E-state index in [1.165, 1.54) is 0 Å². The molecular weight excluding hydrogens is 222 g/mol. The number of anilines is 1. The van der Waals surface area contributed by atoms with Gasteiger partial charge in [0.15, 0.2) is 0 Å². The SMILES string of the molecule is Cc1cc(S)c(C(C)(C)C)cc1NC(=O)O. The summed E-state index contributed by atoms with van der Waals surface area (Å²) in [5.74, 6) is 0. The van der Waals surface area contributed by atoms with E-state index in [1.807, 2.05) is 19.1 Å². The van der Waals surface area contributed by atoms with E-state index in [-0.39, 0.29) is 5.41 Å². The van der Waals surface area contributed by atoms with E-state index in [4.69, 9.17) is 5.11 Å². The molecule has 1 rings (SSSR count). The predicted molar refractivity (Wildman–Crippen MR) is 68.8 cm³/mol. The van der Waals surface area contributed by atoms with Crippen LogP contribution < -0.4 is 5.32 Å². The number of carbonyl (C=O) groups is 1. The highest BCUT2D eigenvalue weighted by Crippen LogP contribution is 2.32. The molecule has 0 radical (unpaired) electrons. The fourth-order valence-electron chi connectivity index (χ4n) is 1.54. The van der Waals surface area contributed by atoms with E-state index in [0.717, 1.165) is 16.0 Å². The first-order valence-electron chi connectivity index (χ1n) is 5.06. The molecule has 0 atom stereocenters. The Morgan fingerprint density at radius 3 is 2.38 bits per heavy atom. The molecule has 88 valence electrons. The summed E-state index contributed by atoms with van der Waals surface area (Å²) in [6.45, 7) is 8.07. The average Bonchev–Trinajstić information content (AvgIpc) is 2.06. The van der Waals surface area contributed by atoms with Gasteiger partial charge in [0.25, 0.3) is 0 Å². The molecule has 0 spiro atoms. The van der Waals surface area contributed by atoms with Crippen molar-refractivity contribution in [3.8, 4) is 0 Å². The predicted octanol–water partition coefficient (Wildman–Crippen LogP) is 3.67. The van der Waals surface area contributed by atoms with Gasteiger partial charge < -0.3 is 5.11 Å². The van der Waals surface area contributed by atoms with Gasteiger partial charge in [0.05, 0.1) is 0 Å². The molecule has 0 heterocycles. The Kier molecular flexibility index (Phi) is 3.53. The van der Waals surface area contributed by atoms with Crippen molar-refractivity contribution in [1.82, 2.24) is 0 Å². The summed E-state index contributed by atoms with van der Waals surface area (Å²) in [5, 5.41) is 11.1. The highest BCUT2D eigenvalue weighted by Gasteiger charge is 2.18. The Bertz CT molecular complexity index is 422. The Hall–Kier alpha value is -1.16. The van der Waals surface area contributed by atoms with Gasteiger partial charge in [0.2, 0.25) is 0 Å². The standard InChI is InChI=1S/C12H17NO2S/c1-7-5-10(16)8(12(2,3)4)6-9(7)13-11(14)15/h5-6,13,16H,1-4H3,(H,14,15). The zero-order chi connectivity index (χ0) is 12.5. The van der Waals surface area contributed by atoms with Crippen molar-refractivity contribution < 1.29 is 9.90 Å². The summed E-state index contributed by atoms with van der Waals surface area (Å²) < 4.78 is 0. The van der Waals surface area contributed by atoms with Crippen LogP contribution in [0.4, 0.5) is 10.5 Å². The molecule has 0 bridgehead atoms. The fraction of sp³-hybridized carbons (Fsp3) is 0.417. The first-order valence-corrected chi connectivity index (χ1v) is 5.50. The third-order valence-electron chi connectivity index (χ3n) is 2.39.